The Labute approximate surface area is 123 Å². The van der Waals surface area contributed by atoms with Crippen LogP contribution in [0.15, 0.2) is 0 Å². The third-order valence-corrected chi connectivity index (χ3v) is 4.07. The third-order valence-electron chi connectivity index (χ3n) is 4.07. The number of ether oxygens (including phenoxy) is 1. The Kier molecular flexibility index (Phi) is 9.40. The molecule has 0 bridgehead atoms. The Morgan fingerprint density at radius 2 is 2.05 bits per heavy atom. The van der Waals surface area contributed by atoms with Gasteiger partial charge in [0.05, 0.1) is 12.5 Å². The summed E-state index contributed by atoms with van der Waals surface area (Å²) in [7, 11) is 1.61. The zero-order chi connectivity index (χ0) is 13.5. The van der Waals surface area contributed by atoms with Crippen LogP contribution < -0.4 is 5.73 Å². The van der Waals surface area contributed by atoms with Crippen LogP contribution >= 0.6 is 12.4 Å². The maximum atomic E-state index is 12.1. The van der Waals surface area contributed by atoms with Crippen molar-refractivity contribution < 1.29 is 9.53 Å². The molecule has 1 saturated heterocycles. The first-order chi connectivity index (χ1) is 8.58. The number of halogens is 1. The van der Waals surface area contributed by atoms with Crippen molar-refractivity contribution in [1.29, 1.82) is 0 Å². The Bertz CT molecular complexity index is 258. The molecule has 1 aliphatic rings. The lowest BCUT2D eigenvalue weighted by molar-refractivity contribution is -0.133. The van der Waals surface area contributed by atoms with E-state index in [0.29, 0.717) is 13.0 Å². The van der Waals surface area contributed by atoms with Gasteiger partial charge in [-0.05, 0) is 31.1 Å². The van der Waals surface area contributed by atoms with Crippen LogP contribution in [0.25, 0.3) is 0 Å². The van der Waals surface area contributed by atoms with E-state index in [-0.39, 0.29) is 24.4 Å². The largest absolute Gasteiger partial charge is 0.380 e. The summed E-state index contributed by atoms with van der Waals surface area (Å²) in [4.78, 5) is 14.1. The Hall–Kier alpha value is -0.320. The molecule has 2 N–H and O–H groups in total. The van der Waals surface area contributed by atoms with Crippen molar-refractivity contribution in [3.05, 3.63) is 0 Å². The van der Waals surface area contributed by atoms with E-state index in [9.17, 15) is 4.79 Å². The van der Waals surface area contributed by atoms with Crippen molar-refractivity contribution >= 4 is 18.3 Å². The number of hydrogen-bond acceptors (Lipinski definition) is 3. The van der Waals surface area contributed by atoms with Crippen molar-refractivity contribution in [3.63, 3.8) is 0 Å². The van der Waals surface area contributed by atoms with E-state index >= 15 is 0 Å². The highest BCUT2D eigenvalue weighted by molar-refractivity contribution is 5.85. The quantitative estimate of drug-likeness (QED) is 0.844. The minimum absolute atomic E-state index is 0. The molecule has 0 aliphatic carbocycles. The molecule has 19 heavy (non-hydrogen) atoms. The molecule has 0 aromatic heterocycles. The Balaban J connectivity index is 0.00000324. The minimum Gasteiger partial charge on any atom is -0.380 e. The lowest BCUT2D eigenvalue weighted by Crippen LogP contribution is -2.36. The Morgan fingerprint density at radius 1 is 1.37 bits per heavy atom. The highest BCUT2D eigenvalue weighted by Gasteiger charge is 2.23. The van der Waals surface area contributed by atoms with Gasteiger partial charge in [-0.3, -0.25) is 4.79 Å². The minimum atomic E-state index is -0.137. The number of nitrogens with two attached hydrogens (primary N) is 1. The van der Waals surface area contributed by atoms with Crippen LogP contribution in [0.4, 0.5) is 0 Å². The van der Waals surface area contributed by atoms with E-state index in [0.717, 1.165) is 37.8 Å². The molecular weight excluding hydrogens is 264 g/mol. The molecule has 1 fully saturated rings. The van der Waals surface area contributed by atoms with Gasteiger partial charge < -0.3 is 15.4 Å². The van der Waals surface area contributed by atoms with Gasteiger partial charge in [-0.15, -0.1) is 12.4 Å². The molecule has 0 saturated carbocycles. The van der Waals surface area contributed by atoms with Crippen LogP contribution in [0, 0.1) is 11.8 Å². The molecule has 5 heteroatoms. The van der Waals surface area contributed by atoms with Crippen molar-refractivity contribution in [2.45, 2.75) is 45.6 Å². The summed E-state index contributed by atoms with van der Waals surface area (Å²) in [5, 5.41) is 0. The van der Waals surface area contributed by atoms with Crippen LogP contribution in [0.5, 0.6) is 0 Å². The van der Waals surface area contributed by atoms with E-state index in [2.05, 4.69) is 13.8 Å². The smallest absolute Gasteiger partial charge is 0.225 e. The fourth-order valence-corrected chi connectivity index (χ4v) is 2.62. The molecule has 0 spiro atoms. The van der Waals surface area contributed by atoms with Gasteiger partial charge in [0.15, 0.2) is 0 Å². The predicted molar refractivity (Wildman–Crippen MR) is 80.5 cm³/mol. The fraction of sp³-hybridized carbons (Fsp3) is 0.929. The predicted octanol–water partition coefficient (Wildman–Crippen LogP) is 2.06. The van der Waals surface area contributed by atoms with Gasteiger partial charge in [-0.25, -0.2) is 0 Å². The summed E-state index contributed by atoms with van der Waals surface area (Å²) >= 11 is 0. The molecule has 1 amide bonds. The van der Waals surface area contributed by atoms with Crippen LogP contribution in [-0.2, 0) is 9.53 Å². The SMILES string of the molecule is COC(CN)CC(=O)N1CCCC(C(C)C)CC1.Cl. The summed E-state index contributed by atoms with van der Waals surface area (Å²) in [6.07, 6.45) is 3.77. The molecule has 2 unspecified atom stereocenters. The highest BCUT2D eigenvalue weighted by atomic mass is 35.5. The van der Waals surface area contributed by atoms with E-state index in [4.69, 9.17) is 10.5 Å². The van der Waals surface area contributed by atoms with Gasteiger partial charge >= 0.3 is 0 Å². The van der Waals surface area contributed by atoms with Gasteiger partial charge in [0.2, 0.25) is 5.91 Å². The van der Waals surface area contributed by atoms with Gasteiger partial charge in [0, 0.05) is 26.7 Å². The summed E-state index contributed by atoms with van der Waals surface area (Å²) in [6.45, 7) is 6.74. The zero-order valence-electron chi connectivity index (χ0n) is 12.4. The second-order valence-corrected chi connectivity index (χ2v) is 5.61. The number of likely N-dealkylation sites (tertiary alicyclic amines) is 1. The Morgan fingerprint density at radius 3 is 2.58 bits per heavy atom. The van der Waals surface area contributed by atoms with Crippen molar-refractivity contribution in [2.75, 3.05) is 26.7 Å². The van der Waals surface area contributed by atoms with Crippen LogP contribution in [0.3, 0.4) is 0 Å². The van der Waals surface area contributed by atoms with E-state index in [1.54, 1.807) is 7.11 Å². The van der Waals surface area contributed by atoms with Gasteiger partial charge in [-0.2, -0.15) is 0 Å². The maximum absolute atomic E-state index is 12.1. The molecule has 2 atom stereocenters. The van der Waals surface area contributed by atoms with Crippen LogP contribution in [-0.4, -0.2) is 43.7 Å². The number of carbonyl (C=O) groups is 1. The zero-order valence-corrected chi connectivity index (χ0v) is 13.2. The van der Waals surface area contributed by atoms with Crippen LogP contribution in [0.2, 0.25) is 0 Å². The third kappa shape index (κ3) is 6.11. The molecule has 1 aliphatic heterocycles. The van der Waals surface area contributed by atoms with Gasteiger partial charge in [0.1, 0.15) is 0 Å². The molecule has 1 heterocycles. The summed E-state index contributed by atoms with van der Waals surface area (Å²) < 4.78 is 5.18. The summed E-state index contributed by atoms with van der Waals surface area (Å²) in [6, 6.07) is 0. The second kappa shape index (κ2) is 9.56. The van der Waals surface area contributed by atoms with Crippen molar-refractivity contribution in [2.24, 2.45) is 17.6 Å². The average Bonchev–Trinajstić information content (AvgIpc) is 2.61. The van der Waals surface area contributed by atoms with E-state index in [1.165, 1.54) is 6.42 Å². The number of nitrogens with zero attached hydrogens (tertiary/aromatic N) is 1. The maximum Gasteiger partial charge on any atom is 0.225 e. The van der Waals surface area contributed by atoms with Gasteiger partial charge in [-0.1, -0.05) is 13.8 Å². The molecular formula is C14H29ClN2O2. The monoisotopic (exact) mass is 292 g/mol. The van der Waals surface area contributed by atoms with Gasteiger partial charge in [0.25, 0.3) is 0 Å². The average molecular weight is 293 g/mol. The van der Waals surface area contributed by atoms with Crippen molar-refractivity contribution in [1.82, 2.24) is 4.90 Å². The summed E-state index contributed by atoms with van der Waals surface area (Å²) in [5.74, 6) is 1.67. The molecule has 114 valence electrons. The lowest BCUT2D eigenvalue weighted by atomic mass is 9.89. The second-order valence-electron chi connectivity index (χ2n) is 5.61. The number of methoxy groups -OCH3 is 1. The highest BCUT2D eigenvalue weighted by Crippen LogP contribution is 2.24. The van der Waals surface area contributed by atoms with E-state index in [1.807, 2.05) is 4.90 Å². The van der Waals surface area contributed by atoms with Crippen LogP contribution in [0.1, 0.15) is 39.5 Å². The normalized spacial score (nSPS) is 21.7. The van der Waals surface area contributed by atoms with Crippen molar-refractivity contribution in [3.8, 4) is 0 Å². The fourth-order valence-electron chi connectivity index (χ4n) is 2.62. The number of rotatable bonds is 5. The summed E-state index contributed by atoms with van der Waals surface area (Å²) in [5.41, 5.74) is 5.56. The first-order valence-electron chi connectivity index (χ1n) is 7.09. The first-order valence-corrected chi connectivity index (χ1v) is 7.09. The molecule has 0 radical (unpaired) electrons. The topological polar surface area (TPSA) is 55.6 Å². The van der Waals surface area contributed by atoms with E-state index < -0.39 is 0 Å². The number of amides is 1. The molecule has 4 nitrogen and oxygen atoms in total. The number of hydrogen-bond donors (Lipinski definition) is 1. The lowest BCUT2D eigenvalue weighted by Gasteiger charge is -2.23. The standard InChI is InChI=1S/C14H28N2O2.ClH/c1-11(2)12-5-4-7-16(8-6-12)14(17)9-13(10-15)18-3;/h11-13H,4-10,15H2,1-3H3;1H. The molecule has 0 aromatic carbocycles. The molecule has 1 rings (SSSR count). The number of carbonyl (C=O) groups excluding carboxylic acids is 1. The molecule has 0 aromatic rings. The first kappa shape index (κ1) is 18.7.